The first kappa shape index (κ1) is 16.4. The van der Waals surface area contributed by atoms with Crippen molar-refractivity contribution in [2.24, 2.45) is 0 Å². The van der Waals surface area contributed by atoms with E-state index in [0.717, 1.165) is 12.2 Å². The van der Waals surface area contributed by atoms with Crippen LogP contribution in [0, 0.1) is 6.92 Å². The van der Waals surface area contributed by atoms with E-state index in [2.05, 4.69) is 29.7 Å². The van der Waals surface area contributed by atoms with E-state index in [0.29, 0.717) is 5.69 Å². The molecule has 1 aromatic carbocycles. The molecule has 1 heterocycles. The molecule has 0 aliphatic heterocycles. The molecular weight excluding hydrogens is 296 g/mol. The molecule has 0 bridgehead atoms. The van der Waals surface area contributed by atoms with Crippen LogP contribution in [0.15, 0.2) is 36.4 Å². The summed E-state index contributed by atoms with van der Waals surface area (Å²) in [6.07, 6.45) is -0.446. The highest BCUT2D eigenvalue weighted by Crippen LogP contribution is 2.20. The lowest BCUT2D eigenvalue weighted by atomic mass is 10.2. The Balaban J connectivity index is 1.93. The van der Waals surface area contributed by atoms with E-state index in [-0.39, 0.29) is 0 Å². The standard InChI is InChI=1S/C17H22N2O2S/c1-12-8-9-15(22-12)11-18-13-6-5-7-14(10-13)19-16(20)21-17(2,3)4/h5-10,18H,11H2,1-4H3,(H,19,20). The van der Waals surface area contributed by atoms with Gasteiger partial charge in [0.2, 0.25) is 0 Å². The Hall–Kier alpha value is -2.01. The quantitative estimate of drug-likeness (QED) is 0.832. The summed E-state index contributed by atoms with van der Waals surface area (Å²) in [7, 11) is 0. The maximum absolute atomic E-state index is 11.8. The molecule has 1 amide bonds. The Morgan fingerprint density at radius 3 is 2.55 bits per heavy atom. The zero-order valence-corrected chi connectivity index (χ0v) is 14.2. The second kappa shape index (κ2) is 6.83. The van der Waals surface area contributed by atoms with E-state index in [1.54, 1.807) is 11.3 Å². The number of aryl methyl sites for hydroxylation is 1. The van der Waals surface area contributed by atoms with Gasteiger partial charge < -0.3 is 10.1 Å². The Kier molecular flexibility index (Phi) is 5.08. The largest absolute Gasteiger partial charge is 0.444 e. The van der Waals surface area contributed by atoms with Crippen LogP contribution in [0.1, 0.15) is 30.5 Å². The smallest absolute Gasteiger partial charge is 0.412 e. The lowest BCUT2D eigenvalue weighted by molar-refractivity contribution is 0.0636. The van der Waals surface area contributed by atoms with E-state index in [4.69, 9.17) is 4.74 Å². The average molecular weight is 318 g/mol. The molecule has 0 aliphatic carbocycles. The van der Waals surface area contributed by atoms with Crippen LogP contribution in [0.3, 0.4) is 0 Å². The van der Waals surface area contributed by atoms with Crippen molar-refractivity contribution in [1.82, 2.24) is 0 Å². The molecule has 0 fully saturated rings. The highest BCUT2D eigenvalue weighted by atomic mass is 32.1. The number of hydrogen-bond donors (Lipinski definition) is 2. The number of carbonyl (C=O) groups excluding carboxylic acids is 1. The van der Waals surface area contributed by atoms with Gasteiger partial charge in [-0.05, 0) is 58.0 Å². The summed E-state index contributed by atoms with van der Waals surface area (Å²) in [5, 5.41) is 6.10. The normalized spacial score (nSPS) is 11.1. The van der Waals surface area contributed by atoms with E-state index < -0.39 is 11.7 Å². The second-order valence-corrected chi connectivity index (χ2v) is 7.45. The number of anilines is 2. The maximum atomic E-state index is 11.8. The van der Waals surface area contributed by atoms with Gasteiger partial charge in [0.05, 0.1) is 0 Å². The first-order chi connectivity index (χ1) is 10.3. The Morgan fingerprint density at radius 1 is 1.18 bits per heavy atom. The van der Waals surface area contributed by atoms with Gasteiger partial charge in [0, 0.05) is 27.7 Å². The highest BCUT2D eigenvalue weighted by Gasteiger charge is 2.16. The highest BCUT2D eigenvalue weighted by molar-refractivity contribution is 7.11. The topological polar surface area (TPSA) is 50.4 Å². The van der Waals surface area contributed by atoms with Crippen LogP contribution in [0.5, 0.6) is 0 Å². The molecule has 0 saturated heterocycles. The molecule has 0 saturated carbocycles. The van der Waals surface area contributed by atoms with Gasteiger partial charge >= 0.3 is 6.09 Å². The summed E-state index contributed by atoms with van der Waals surface area (Å²) >= 11 is 1.78. The fraction of sp³-hybridized carbons (Fsp3) is 0.353. The molecule has 0 atom stereocenters. The van der Waals surface area contributed by atoms with Crippen LogP contribution in [0.4, 0.5) is 16.2 Å². The van der Waals surface area contributed by atoms with Gasteiger partial charge in [-0.15, -0.1) is 11.3 Å². The van der Waals surface area contributed by atoms with E-state index >= 15 is 0 Å². The molecule has 0 unspecified atom stereocenters. The Morgan fingerprint density at radius 2 is 1.91 bits per heavy atom. The van der Waals surface area contributed by atoms with Crippen molar-refractivity contribution in [2.75, 3.05) is 10.6 Å². The molecule has 2 rings (SSSR count). The average Bonchev–Trinajstić information content (AvgIpc) is 2.80. The van der Waals surface area contributed by atoms with Crippen molar-refractivity contribution < 1.29 is 9.53 Å². The van der Waals surface area contributed by atoms with Crippen molar-refractivity contribution in [3.05, 3.63) is 46.2 Å². The van der Waals surface area contributed by atoms with Gasteiger partial charge in [-0.3, -0.25) is 5.32 Å². The van der Waals surface area contributed by atoms with Crippen LogP contribution in [-0.2, 0) is 11.3 Å². The summed E-state index contributed by atoms with van der Waals surface area (Å²) in [6, 6.07) is 11.8. The molecular formula is C17H22N2O2S. The fourth-order valence-corrected chi connectivity index (χ4v) is 2.73. The van der Waals surface area contributed by atoms with Crippen LogP contribution < -0.4 is 10.6 Å². The Labute approximate surface area is 135 Å². The molecule has 0 spiro atoms. The second-order valence-electron chi connectivity index (χ2n) is 6.07. The summed E-state index contributed by atoms with van der Waals surface area (Å²) < 4.78 is 5.24. The number of amides is 1. The molecule has 4 nitrogen and oxygen atoms in total. The predicted octanol–water partition coefficient (Wildman–Crippen LogP) is 5.02. The minimum atomic E-state index is -0.503. The van der Waals surface area contributed by atoms with Gasteiger partial charge in [0.15, 0.2) is 0 Å². The van der Waals surface area contributed by atoms with Gasteiger partial charge in [0.25, 0.3) is 0 Å². The molecule has 2 aromatic rings. The summed E-state index contributed by atoms with van der Waals surface area (Å²) in [6.45, 7) is 8.39. The molecule has 1 aromatic heterocycles. The van der Waals surface area contributed by atoms with Crippen LogP contribution in [0.25, 0.3) is 0 Å². The molecule has 0 radical (unpaired) electrons. The predicted molar refractivity (Wildman–Crippen MR) is 92.7 cm³/mol. The number of nitrogens with one attached hydrogen (secondary N) is 2. The zero-order valence-electron chi connectivity index (χ0n) is 13.4. The SMILES string of the molecule is Cc1ccc(CNc2cccc(NC(=O)OC(C)(C)C)c2)s1. The van der Waals surface area contributed by atoms with Crippen LogP contribution >= 0.6 is 11.3 Å². The van der Waals surface area contributed by atoms with Gasteiger partial charge in [-0.25, -0.2) is 4.79 Å². The van der Waals surface area contributed by atoms with Crippen molar-refractivity contribution in [1.29, 1.82) is 0 Å². The monoisotopic (exact) mass is 318 g/mol. The van der Waals surface area contributed by atoms with E-state index in [1.165, 1.54) is 9.75 Å². The van der Waals surface area contributed by atoms with Crippen molar-refractivity contribution in [3.8, 4) is 0 Å². The Bertz CT molecular complexity index is 644. The molecule has 5 heteroatoms. The molecule has 0 aliphatic rings. The summed E-state index contributed by atoms with van der Waals surface area (Å²) in [5.74, 6) is 0. The van der Waals surface area contributed by atoms with E-state index in [9.17, 15) is 4.79 Å². The summed E-state index contributed by atoms with van der Waals surface area (Å²) in [5.41, 5.74) is 1.16. The number of rotatable bonds is 4. The number of thiophene rings is 1. The van der Waals surface area contributed by atoms with Crippen LogP contribution in [0.2, 0.25) is 0 Å². The lowest BCUT2D eigenvalue weighted by Crippen LogP contribution is -2.27. The minimum absolute atomic E-state index is 0.446. The number of benzene rings is 1. The van der Waals surface area contributed by atoms with Crippen molar-refractivity contribution in [2.45, 2.75) is 39.8 Å². The summed E-state index contributed by atoms with van der Waals surface area (Å²) in [4.78, 5) is 14.4. The van der Waals surface area contributed by atoms with E-state index in [1.807, 2.05) is 45.0 Å². The van der Waals surface area contributed by atoms with Gasteiger partial charge in [-0.1, -0.05) is 6.07 Å². The van der Waals surface area contributed by atoms with Gasteiger partial charge in [0.1, 0.15) is 5.60 Å². The van der Waals surface area contributed by atoms with Crippen molar-refractivity contribution in [3.63, 3.8) is 0 Å². The van der Waals surface area contributed by atoms with Crippen LogP contribution in [-0.4, -0.2) is 11.7 Å². The third kappa shape index (κ3) is 5.41. The lowest BCUT2D eigenvalue weighted by Gasteiger charge is -2.19. The van der Waals surface area contributed by atoms with Crippen molar-refractivity contribution >= 4 is 28.8 Å². The molecule has 118 valence electrons. The first-order valence-corrected chi connectivity index (χ1v) is 8.03. The zero-order chi connectivity index (χ0) is 16.2. The number of carbonyl (C=O) groups is 1. The minimum Gasteiger partial charge on any atom is -0.444 e. The number of hydrogen-bond acceptors (Lipinski definition) is 4. The first-order valence-electron chi connectivity index (χ1n) is 7.21. The molecule has 22 heavy (non-hydrogen) atoms. The van der Waals surface area contributed by atoms with Gasteiger partial charge in [-0.2, -0.15) is 0 Å². The third-order valence-corrected chi connectivity index (χ3v) is 3.77. The fourth-order valence-electron chi connectivity index (χ4n) is 1.90. The third-order valence-electron chi connectivity index (χ3n) is 2.77. The molecule has 2 N–H and O–H groups in total. The number of ether oxygens (including phenoxy) is 1. The maximum Gasteiger partial charge on any atom is 0.412 e.